The molecule has 1 amide bonds. The van der Waals surface area contributed by atoms with Gasteiger partial charge in [0.1, 0.15) is 0 Å². The second-order valence-electron chi connectivity index (χ2n) is 6.13. The van der Waals surface area contributed by atoms with E-state index in [1.165, 1.54) is 16.4 Å². The van der Waals surface area contributed by atoms with Gasteiger partial charge < -0.3 is 10.4 Å². The highest BCUT2D eigenvalue weighted by atomic mass is 32.2. The molecule has 0 aliphatic rings. The van der Waals surface area contributed by atoms with Crippen LogP contribution in [-0.2, 0) is 14.8 Å². The summed E-state index contributed by atoms with van der Waals surface area (Å²) in [5, 5.41) is 11.6. The Morgan fingerprint density at radius 1 is 1.12 bits per heavy atom. The van der Waals surface area contributed by atoms with Crippen LogP contribution in [0.3, 0.4) is 0 Å². The minimum atomic E-state index is -3.79. The zero-order valence-electron chi connectivity index (χ0n) is 14.9. The fourth-order valence-electron chi connectivity index (χ4n) is 2.41. The lowest BCUT2D eigenvalue weighted by Gasteiger charge is -2.25. The average Bonchev–Trinajstić information content (AvgIpc) is 2.63. The summed E-state index contributed by atoms with van der Waals surface area (Å²) in [7, 11) is -3.79. The lowest BCUT2D eigenvalue weighted by molar-refractivity contribution is -0.121. The summed E-state index contributed by atoms with van der Waals surface area (Å²) in [6, 6.07) is 14.9. The molecule has 7 heteroatoms. The SMILES string of the molecule is Cc1ccc(N(CCC(=O)N[C@@H](C)CO)S(=O)(=O)c2ccccc2)cc1. The summed E-state index contributed by atoms with van der Waals surface area (Å²) in [5.41, 5.74) is 1.52. The Labute approximate surface area is 154 Å². The number of anilines is 1. The number of amides is 1. The van der Waals surface area contributed by atoms with Crippen LogP contribution in [0.2, 0.25) is 0 Å². The maximum Gasteiger partial charge on any atom is 0.264 e. The Balaban J connectivity index is 2.28. The zero-order valence-corrected chi connectivity index (χ0v) is 15.7. The molecule has 0 bridgehead atoms. The van der Waals surface area contributed by atoms with Crippen molar-refractivity contribution in [1.82, 2.24) is 5.32 Å². The first-order valence-corrected chi connectivity index (χ1v) is 9.83. The van der Waals surface area contributed by atoms with E-state index in [0.717, 1.165) is 5.56 Å². The molecule has 0 heterocycles. The van der Waals surface area contributed by atoms with Gasteiger partial charge in [-0.2, -0.15) is 0 Å². The predicted octanol–water partition coefficient (Wildman–Crippen LogP) is 2.08. The Morgan fingerprint density at radius 2 is 1.73 bits per heavy atom. The molecule has 0 spiro atoms. The highest BCUT2D eigenvalue weighted by molar-refractivity contribution is 7.92. The molecule has 26 heavy (non-hydrogen) atoms. The minimum Gasteiger partial charge on any atom is -0.394 e. The lowest BCUT2D eigenvalue weighted by atomic mass is 10.2. The number of carbonyl (C=O) groups excluding carboxylic acids is 1. The van der Waals surface area contributed by atoms with Crippen LogP contribution < -0.4 is 9.62 Å². The third-order valence-corrected chi connectivity index (χ3v) is 5.72. The number of rotatable bonds is 8. The fourth-order valence-corrected chi connectivity index (χ4v) is 3.90. The number of nitrogens with one attached hydrogen (secondary N) is 1. The van der Waals surface area contributed by atoms with Crippen molar-refractivity contribution in [1.29, 1.82) is 0 Å². The van der Waals surface area contributed by atoms with Gasteiger partial charge in [-0.3, -0.25) is 9.10 Å². The van der Waals surface area contributed by atoms with Crippen LogP contribution in [0.5, 0.6) is 0 Å². The van der Waals surface area contributed by atoms with E-state index in [1.807, 2.05) is 19.1 Å². The molecule has 0 saturated heterocycles. The molecule has 0 unspecified atom stereocenters. The summed E-state index contributed by atoms with van der Waals surface area (Å²) in [6.07, 6.45) is -0.00964. The van der Waals surface area contributed by atoms with Crippen molar-refractivity contribution in [2.75, 3.05) is 17.5 Å². The number of aryl methyl sites for hydroxylation is 1. The van der Waals surface area contributed by atoms with Crippen LogP contribution in [0.1, 0.15) is 18.9 Å². The van der Waals surface area contributed by atoms with E-state index >= 15 is 0 Å². The van der Waals surface area contributed by atoms with Gasteiger partial charge in [-0.1, -0.05) is 35.9 Å². The Morgan fingerprint density at radius 3 is 2.31 bits per heavy atom. The van der Waals surface area contributed by atoms with Gasteiger partial charge in [0.15, 0.2) is 0 Å². The predicted molar refractivity (Wildman–Crippen MR) is 101 cm³/mol. The van der Waals surface area contributed by atoms with Gasteiger partial charge in [-0.15, -0.1) is 0 Å². The van der Waals surface area contributed by atoms with E-state index in [9.17, 15) is 13.2 Å². The standard InChI is InChI=1S/C19H24N2O4S/c1-15-8-10-17(11-9-15)21(13-12-19(23)20-16(2)14-22)26(24,25)18-6-4-3-5-7-18/h3-11,16,22H,12-14H2,1-2H3,(H,20,23)/t16-/m0/s1. The maximum atomic E-state index is 13.1. The number of aliphatic hydroxyl groups is 1. The Hall–Kier alpha value is -2.38. The van der Waals surface area contributed by atoms with Crippen LogP contribution in [0.25, 0.3) is 0 Å². The van der Waals surface area contributed by atoms with E-state index < -0.39 is 10.0 Å². The summed E-state index contributed by atoms with van der Waals surface area (Å²) >= 11 is 0. The molecule has 2 N–H and O–H groups in total. The fraction of sp³-hybridized carbons (Fsp3) is 0.316. The largest absolute Gasteiger partial charge is 0.394 e. The molecule has 2 aromatic rings. The smallest absolute Gasteiger partial charge is 0.264 e. The van der Waals surface area contributed by atoms with Crippen LogP contribution >= 0.6 is 0 Å². The third-order valence-electron chi connectivity index (χ3n) is 3.88. The number of nitrogens with zero attached hydrogens (tertiary/aromatic N) is 1. The van der Waals surface area contributed by atoms with Gasteiger partial charge in [-0.25, -0.2) is 8.42 Å². The van der Waals surface area contributed by atoms with Crippen molar-refractivity contribution in [2.24, 2.45) is 0 Å². The molecule has 1 atom stereocenters. The molecular formula is C19H24N2O4S. The van der Waals surface area contributed by atoms with Gasteiger partial charge in [0.2, 0.25) is 5.91 Å². The number of hydrogen-bond donors (Lipinski definition) is 2. The number of aliphatic hydroxyl groups excluding tert-OH is 1. The molecule has 0 radical (unpaired) electrons. The summed E-state index contributed by atoms with van der Waals surface area (Å²) in [5.74, 6) is -0.313. The molecule has 0 aliphatic carbocycles. The lowest BCUT2D eigenvalue weighted by Crippen LogP contribution is -2.39. The van der Waals surface area contributed by atoms with Crippen LogP contribution in [0, 0.1) is 6.92 Å². The van der Waals surface area contributed by atoms with Crippen LogP contribution in [-0.4, -0.2) is 38.6 Å². The maximum absolute atomic E-state index is 13.1. The van der Waals surface area contributed by atoms with Crippen molar-refractivity contribution in [3.63, 3.8) is 0 Å². The second kappa shape index (κ2) is 8.82. The summed E-state index contributed by atoms with van der Waals surface area (Å²) in [6.45, 7) is 3.43. The Bertz CT molecular complexity index is 820. The molecule has 2 rings (SSSR count). The quantitative estimate of drug-likeness (QED) is 0.738. The molecule has 0 fully saturated rings. The van der Waals surface area contributed by atoms with E-state index in [2.05, 4.69) is 5.32 Å². The van der Waals surface area contributed by atoms with Gasteiger partial charge in [0.05, 0.1) is 17.2 Å². The molecule has 6 nitrogen and oxygen atoms in total. The molecule has 140 valence electrons. The van der Waals surface area contributed by atoms with Crippen LogP contribution in [0.4, 0.5) is 5.69 Å². The first-order chi connectivity index (χ1) is 12.3. The topological polar surface area (TPSA) is 86.7 Å². The van der Waals surface area contributed by atoms with Crippen molar-refractivity contribution in [3.8, 4) is 0 Å². The highest BCUT2D eigenvalue weighted by Gasteiger charge is 2.25. The minimum absolute atomic E-state index is 0.00424. The molecule has 0 aliphatic heterocycles. The van der Waals surface area contributed by atoms with Crippen molar-refractivity contribution < 1.29 is 18.3 Å². The Kier molecular flexibility index (Phi) is 6.76. The van der Waals surface area contributed by atoms with Crippen molar-refractivity contribution in [2.45, 2.75) is 31.2 Å². The normalized spacial score (nSPS) is 12.4. The van der Waals surface area contributed by atoms with Gasteiger partial charge in [0.25, 0.3) is 10.0 Å². The second-order valence-corrected chi connectivity index (χ2v) is 7.99. The first-order valence-electron chi connectivity index (χ1n) is 8.39. The molecular weight excluding hydrogens is 352 g/mol. The van der Waals surface area contributed by atoms with Gasteiger partial charge in [0, 0.05) is 19.0 Å². The van der Waals surface area contributed by atoms with E-state index in [4.69, 9.17) is 5.11 Å². The average molecular weight is 376 g/mol. The monoisotopic (exact) mass is 376 g/mol. The highest BCUT2D eigenvalue weighted by Crippen LogP contribution is 2.24. The van der Waals surface area contributed by atoms with Crippen molar-refractivity contribution >= 4 is 21.6 Å². The summed E-state index contributed by atoms with van der Waals surface area (Å²) < 4.78 is 27.4. The molecule has 0 saturated carbocycles. The molecule has 0 aromatic heterocycles. The van der Waals surface area contributed by atoms with E-state index in [1.54, 1.807) is 37.3 Å². The first kappa shape index (κ1) is 19.9. The number of benzene rings is 2. The van der Waals surface area contributed by atoms with Gasteiger partial charge in [-0.05, 0) is 38.1 Å². The summed E-state index contributed by atoms with van der Waals surface area (Å²) in [4.78, 5) is 12.2. The number of carbonyl (C=O) groups is 1. The van der Waals surface area contributed by atoms with Crippen LogP contribution in [0.15, 0.2) is 59.5 Å². The van der Waals surface area contributed by atoms with Gasteiger partial charge >= 0.3 is 0 Å². The number of hydrogen-bond acceptors (Lipinski definition) is 4. The van der Waals surface area contributed by atoms with Crippen molar-refractivity contribution in [3.05, 3.63) is 60.2 Å². The third kappa shape index (κ3) is 5.06. The van der Waals surface area contributed by atoms with E-state index in [0.29, 0.717) is 5.69 Å². The molecule has 2 aromatic carbocycles. The van der Waals surface area contributed by atoms with E-state index in [-0.39, 0.29) is 36.4 Å². The zero-order chi connectivity index (χ0) is 19.2. The number of sulfonamides is 1.